The van der Waals surface area contributed by atoms with E-state index in [4.69, 9.17) is 0 Å². The van der Waals surface area contributed by atoms with Crippen LogP contribution in [0.25, 0.3) is 0 Å². The fraction of sp³-hybridized carbons (Fsp3) is 0.500. The lowest BCUT2D eigenvalue weighted by Gasteiger charge is -2.13. The van der Waals surface area contributed by atoms with Gasteiger partial charge in [-0.2, -0.15) is 0 Å². The maximum Gasteiger partial charge on any atom is 0.240 e. The molecule has 0 saturated carbocycles. The van der Waals surface area contributed by atoms with Gasteiger partial charge in [0.15, 0.2) is 6.29 Å². The predicted octanol–water partition coefficient (Wildman–Crippen LogP) is 1.61. The monoisotopic (exact) mass is 222 g/mol. The maximum absolute atomic E-state index is 11.6. The molecule has 0 aromatic carbocycles. The molecule has 0 fully saturated rings. The number of nitrogens with one attached hydrogen (secondary N) is 1. The molecular formula is C12H18N2O2. The standard InChI is InChI=1S/C12H18N2O2/c1-3-5-10(2)13-12(16)8-14-7-4-6-11(14)9-15/h4,6-7,9-10H,3,5,8H2,1-2H3,(H,13,16). The van der Waals surface area contributed by atoms with E-state index in [2.05, 4.69) is 12.2 Å². The van der Waals surface area contributed by atoms with Crippen LogP contribution in [0.1, 0.15) is 37.2 Å². The average Bonchev–Trinajstić information content (AvgIpc) is 2.65. The number of hydrogen-bond acceptors (Lipinski definition) is 2. The van der Waals surface area contributed by atoms with Crippen LogP contribution in [-0.2, 0) is 11.3 Å². The molecule has 1 N–H and O–H groups in total. The van der Waals surface area contributed by atoms with E-state index in [9.17, 15) is 9.59 Å². The van der Waals surface area contributed by atoms with Crippen molar-refractivity contribution < 1.29 is 9.59 Å². The highest BCUT2D eigenvalue weighted by atomic mass is 16.2. The first kappa shape index (κ1) is 12.5. The van der Waals surface area contributed by atoms with Gasteiger partial charge in [0, 0.05) is 12.2 Å². The van der Waals surface area contributed by atoms with E-state index >= 15 is 0 Å². The number of rotatable bonds is 6. The summed E-state index contributed by atoms with van der Waals surface area (Å²) >= 11 is 0. The van der Waals surface area contributed by atoms with E-state index in [0.717, 1.165) is 19.1 Å². The largest absolute Gasteiger partial charge is 0.352 e. The fourth-order valence-electron chi connectivity index (χ4n) is 1.66. The van der Waals surface area contributed by atoms with Crippen molar-refractivity contribution in [1.82, 2.24) is 9.88 Å². The van der Waals surface area contributed by atoms with Crippen molar-refractivity contribution in [2.45, 2.75) is 39.3 Å². The number of aromatic nitrogens is 1. The number of nitrogens with zero attached hydrogens (tertiary/aromatic N) is 1. The molecule has 0 saturated heterocycles. The Balaban J connectivity index is 2.48. The lowest BCUT2D eigenvalue weighted by molar-refractivity contribution is -0.122. The third-order valence-electron chi connectivity index (χ3n) is 2.43. The Bertz CT molecular complexity index is 358. The van der Waals surface area contributed by atoms with Crippen LogP contribution >= 0.6 is 0 Å². The molecule has 88 valence electrons. The van der Waals surface area contributed by atoms with E-state index < -0.39 is 0 Å². The normalized spacial score (nSPS) is 12.1. The molecule has 1 aromatic heterocycles. The summed E-state index contributed by atoms with van der Waals surface area (Å²) in [5, 5.41) is 2.89. The van der Waals surface area contributed by atoms with Gasteiger partial charge in [0.05, 0.1) is 5.69 Å². The Hall–Kier alpha value is -1.58. The van der Waals surface area contributed by atoms with Crippen LogP contribution < -0.4 is 5.32 Å². The van der Waals surface area contributed by atoms with Crippen molar-refractivity contribution in [1.29, 1.82) is 0 Å². The number of carbonyl (C=O) groups excluding carboxylic acids is 2. The van der Waals surface area contributed by atoms with Gasteiger partial charge in [0.1, 0.15) is 6.54 Å². The van der Waals surface area contributed by atoms with Crippen LogP contribution in [0.2, 0.25) is 0 Å². The van der Waals surface area contributed by atoms with Gasteiger partial charge in [0.2, 0.25) is 5.91 Å². The molecule has 0 aliphatic heterocycles. The highest BCUT2D eigenvalue weighted by Gasteiger charge is 2.08. The Labute approximate surface area is 95.6 Å². The minimum absolute atomic E-state index is 0.0553. The Morgan fingerprint density at radius 1 is 1.62 bits per heavy atom. The first-order chi connectivity index (χ1) is 7.67. The Morgan fingerprint density at radius 3 is 3.00 bits per heavy atom. The zero-order chi connectivity index (χ0) is 12.0. The summed E-state index contributed by atoms with van der Waals surface area (Å²) in [6.07, 6.45) is 4.50. The molecule has 4 heteroatoms. The summed E-state index contributed by atoms with van der Waals surface area (Å²) < 4.78 is 1.64. The van der Waals surface area contributed by atoms with Crippen molar-refractivity contribution in [2.24, 2.45) is 0 Å². The van der Waals surface area contributed by atoms with Crippen molar-refractivity contribution >= 4 is 12.2 Å². The third kappa shape index (κ3) is 3.53. The topological polar surface area (TPSA) is 51.1 Å². The van der Waals surface area contributed by atoms with E-state index in [1.165, 1.54) is 0 Å². The molecular weight excluding hydrogens is 204 g/mol. The lowest BCUT2D eigenvalue weighted by atomic mass is 10.2. The molecule has 1 heterocycles. The minimum Gasteiger partial charge on any atom is -0.352 e. The lowest BCUT2D eigenvalue weighted by Crippen LogP contribution is -2.35. The molecule has 0 aliphatic carbocycles. The molecule has 4 nitrogen and oxygen atoms in total. The third-order valence-corrected chi connectivity index (χ3v) is 2.43. The van der Waals surface area contributed by atoms with Crippen LogP contribution in [0, 0.1) is 0 Å². The average molecular weight is 222 g/mol. The van der Waals surface area contributed by atoms with Gasteiger partial charge in [-0.1, -0.05) is 13.3 Å². The highest BCUT2D eigenvalue weighted by Crippen LogP contribution is 2.00. The molecule has 1 aromatic rings. The molecule has 1 rings (SSSR count). The number of amides is 1. The summed E-state index contributed by atoms with van der Waals surface area (Å²) in [6.45, 7) is 4.27. The molecule has 0 bridgehead atoms. The Morgan fingerprint density at radius 2 is 2.38 bits per heavy atom. The summed E-state index contributed by atoms with van der Waals surface area (Å²) in [4.78, 5) is 22.3. The van der Waals surface area contributed by atoms with Crippen LogP contribution in [-0.4, -0.2) is 22.8 Å². The van der Waals surface area contributed by atoms with Gasteiger partial charge in [-0.3, -0.25) is 9.59 Å². The number of hydrogen-bond donors (Lipinski definition) is 1. The summed E-state index contributed by atoms with van der Waals surface area (Å²) in [6, 6.07) is 3.63. The van der Waals surface area contributed by atoms with Gasteiger partial charge in [0.25, 0.3) is 0 Å². The number of aldehydes is 1. The molecule has 0 radical (unpaired) electrons. The molecule has 0 spiro atoms. The van der Waals surface area contributed by atoms with Gasteiger partial charge in [-0.05, 0) is 25.5 Å². The quantitative estimate of drug-likeness (QED) is 0.743. The first-order valence-corrected chi connectivity index (χ1v) is 5.57. The van der Waals surface area contributed by atoms with E-state index in [1.807, 2.05) is 6.92 Å². The SMILES string of the molecule is CCCC(C)NC(=O)Cn1cccc1C=O. The van der Waals surface area contributed by atoms with E-state index in [-0.39, 0.29) is 18.5 Å². The molecule has 16 heavy (non-hydrogen) atoms. The molecule has 1 amide bonds. The minimum atomic E-state index is -0.0553. The maximum atomic E-state index is 11.6. The molecule has 1 unspecified atom stereocenters. The summed E-state index contributed by atoms with van der Waals surface area (Å²) in [5.74, 6) is -0.0553. The van der Waals surface area contributed by atoms with Crippen molar-refractivity contribution in [3.05, 3.63) is 24.0 Å². The van der Waals surface area contributed by atoms with Crippen molar-refractivity contribution in [2.75, 3.05) is 0 Å². The summed E-state index contributed by atoms with van der Waals surface area (Å²) in [5.41, 5.74) is 0.526. The van der Waals surface area contributed by atoms with Crippen molar-refractivity contribution in [3.63, 3.8) is 0 Å². The smallest absolute Gasteiger partial charge is 0.240 e. The predicted molar refractivity (Wildman–Crippen MR) is 62.3 cm³/mol. The summed E-state index contributed by atoms with van der Waals surface area (Å²) in [7, 11) is 0. The van der Waals surface area contributed by atoms with Gasteiger partial charge in [-0.15, -0.1) is 0 Å². The fourth-order valence-corrected chi connectivity index (χ4v) is 1.66. The van der Waals surface area contributed by atoms with E-state index in [1.54, 1.807) is 22.9 Å². The van der Waals surface area contributed by atoms with Gasteiger partial charge in [-0.25, -0.2) is 0 Å². The second kappa shape index (κ2) is 6.10. The zero-order valence-electron chi connectivity index (χ0n) is 9.77. The van der Waals surface area contributed by atoms with Crippen LogP contribution in [0.15, 0.2) is 18.3 Å². The van der Waals surface area contributed by atoms with Crippen molar-refractivity contribution in [3.8, 4) is 0 Å². The zero-order valence-corrected chi connectivity index (χ0v) is 9.77. The molecule has 1 atom stereocenters. The first-order valence-electron chi connectivity index (χ1n) is 5.57. The Kier molecular flexibility index (Phi) is 4.76. The van der Waals surface area contributed by atoms with E-state index in [0.29, 0.717) is 5.69 Å². The van der Waals surface area contributed by atoms with Crippen LogP contribution in [0.4, 0.5) is 0 Å². The van der Waals surface area contributed by atoms with Crippen LogP contribution in [0.5, 0.6) is 0 Å². The van der Waals surface area contributed by atoms with Gasteiger partial charge < -0.3 is 9.88 Å². The molecule has 0 aliphatic rings. The highest BCUT2D eigenvalue weighted by molar-refractivity contribution is 5.78. The van der Waals surface area contributed by atoms with Gasteiger partial charge >= 0.3 is 0 Å². The second-order valence-corrected chi connectivity index (χ2v) is 3.94. The number of carbonyl (C=O) groups is 2. The van der Waals surface area contributed by atoms with Crippen LogP contribution in [0.3, 0.4) is 0 Å². The second-order valence-electron chi connectivity index (χ2n) is 3.94.